The van der Waals surface area contributed by atoms with Gasteiger partial charge in [-0.3, -0.25) is 0 Å². The number of nitrogen functional groups attached to an aromatic ring is 3. The maximum Gasteiger partial charge on any atom is 0.165 e. The van der Waals surface area contributed by atoms with Gasteiger partial charge in [-0.2, -0.15) is 0 Å². The Morgan fingerprint density at radius 2 is 1.65 bits per heavy atom. The molecule has 7 heteroatoms. The molecular weight excluding hydrogens is 422 g/mol. The van der Waals surface area contributed by atoms with Crippen LogP contribution in [0.3, 0.4) is 0 Å². The zero-order valence-electron chi connectivity index (χ0n) is 19.7. The Balaban J connectivity index is 1.44. The number of pyridine rings is 1. The molecule has 1 heterocycles. The van der Waals surface area contributed by atoms with Gasteiger partial charge in [-0.15, -0.1) is 0 Å². The summed E-state index contributed by atoms with van der Waals surface area (Å²) in [6.45, 7) is 1.40. The van der Waals surface area contributed by atoms with Gasteiger partial charge < -0.3 is 27.9 Å². The van der Waals surface area contributed by atoms with Gasteiger partial charge >= 0.3 is 0 Å². The molecule has 3 aromatic rings. The van der Waals surface area contributed by atoms with E-state index in [4.69, 9.17) is 23.0 Å². The van der Waals surface area contributed by atoms with Crippen LogP contribution in [0.1, 0.15) is 66.2 Å². The van der Waals surface area contributed by atoms with Crippen molar-refractivity contribution in [3.8, 4) is 0 Å². The number of aromatic nitrogens is 1. The third kappa shape index (κ3) is 5.67. The number of nitrogens with zero attached hydrogens (tertiary/aromatic N) is 1. The largest absolute Gasteiger partial charge is 0.395 e. The fourth-order valence-electron chi connectivity index (χ4n) is 5.17. The number of anilines is 3. The fourth-order valence-corrected chi connectivity index (χ4v) is 5.17. The standard InChI is InChI=1S/C27H37N7/c28-17-18-6-8-21(9-7-18)23(24-16-25(29)33-27(34-31)26(24)30)14-15-32-22-12-10-20(11-13-22)19-4-2-1-3-5-19/h1-9,16,20,22-23,32H,10-15,17,28,30-31H2,(H3,29,33,34). The van der Waals surface area contributed by atoms with Crippen LogP contribution >= 0.6 is 0 Å². The summed E-state index contributed by atoms with van der Waals surface area (Å²) in [6.07, 6.45) is 5.73. The van der Waals surface area contributed by atoms with Gasteiger partial charge in [-0.1, -0.05) is 54.6 Å². The van der Waals surface area contributed by atoms with E-state index < -0.39 is 0 Å². The zero-order valence-corrected chi connectivity index (χ0v) is 19.7. The highest BCUT2D eigenvalue weighted by atomic mass is 15.3. The second-order valence-electron chi connectivity index (χ2n) is 9.24. The first kappa shape index (κ1) is 24.0. The summed E-state index contributed by atoms with van der Waals surface area (Å²) in [5.74, 6) is 7.19. The lowest BCUT2D eigenvalue weighted by Gasteiger charge is -2.30. The molecule has 10 N–H and O–H groups in total. The molecule has 1 aromatic heterocycles. The molecular formula is C27H37N7. The van der Waals surface area contributed by atoms with Crippen LogP contribution < -0.4 is 33.8 Å². The van der Waals surface area contributed by atoms with Crippen LogP contribution in [0.4, 0.5) is 17.3 Å². The van der Waals surface area contributed by atoms with E-state index in [0.717, 1.165) is 24.1 Å². The molecule has 0 aliphatic heterocycles. The van der Waals surface area contributed by atoms with Crippen LogP contribution in [-0.4, -0.2) is 17.6 Å². The summed E-state index contributed by atoms with van der Waals surface area (Å²) < 4.78 is 0. The number of rotatable bonds is 9. The van der Waals surface area contributed by atoms with Gasteiger partial charge in [0.05, 0.1) is 5.69 Å². The molecule has 1 fully saturated rings. The van der Waals surface area contributed by atoms with Gasteiger partial charge in [0.25, 0.3) is 0 Å². The molecule has 1 unspecified atom stereocenters. The van der Waals surface area contributed by atoms with Crippen LogP contribution in [0.15, 0.2) is 60.7 Å². The number of nitrogens with two attached hydrogens (primary N) is 4. The minimum absolute atomic E-state index is 0.0670. The highest BCUT2D eigenvalue weighted by molar-refractivity contribution is 5.70. The lowest BCUT2D eigenvalue weighted by molar-refractivity contribution is 0.340. The quantitative estimate of drug-likeness (QED) is 0.211. The first-order valence-corrected chi connectivity index (χ1v) is 12.2. The van der Waals surface area contributed by atoms with Crippen molar-refractivity contribution in [2.24, 2.45) is 11.6 Å². The van der Waals surface area contributed by atoms with Crippen molar-refractivity contribution in [1.29, 1.82) is 0 Å². The topological polar surface area (TPSA) is 141 Å². The normalized spacial score (nSPS) is 19.0. The summed E-state index contributed by atoms with van der Waals surface area (Å²) in [7, 11) is 0. The molecule has 1 aliphatic rings. The molecule has 0 amide bonds. The van der Waals surface area contributed by atoms with E-state index in [1.807, 2.05) is 6.07 Å². The SMILES string of the molecule is NCc1ccc(C(CCNC2CCC(c3ccccc3)CC2)c2cc(N)nc(NN)c2N)cc1. The molecule has 4 rings (SSSR count). The molecule has 1 saturated carbocycles. The Hall–Kier alpha value is -3.13. The van der Waals surface area contributed by atoms with Crippen molar-refractivity contribution in [2.45, 2.75) is 56.5 Å². The van der Waals surface area contributed by atoms with Crippen LogP contribution in [0, 0.1) is 0 Å². The summed E-state index contributed by atoms with van der Waals surface area (Å²) in [5, 5.41) is 3.80. The highest BCUT2D eigenvalue weighted by Gasteiger charge is 2.24. The van der Waals surface area contributed by atoms with Gasteiger partial charge in [0.2, 0.25) is 0 Å². The maximum atomic E-state index is 6.44. The predicted octanol–water partition coefficient (Wildman–Crippen LogP) is 3.83. The molecule has 0 spiro atoms. The van der Waals surface area contributed by atoms with Crippen LogP contribution in [0.5, 0.6) is 0 Å². The number of hydrogen-bond acceptors (Lipinski definition) is 7. The van der Waals surface area contributed by atoms with Crippen LogP contribution in [0.25, 0.3) is 0 Å². The Labute approximate surface area is 202 Å². The summed E-state index contributed by atoms with van der Waals surface area (Å²) in [6, 6.07) is 21.7. The van der Waals surface area contributed by atoms with E-state index in [0.29, 0.717) is 35.8 Å². The van der Waals surface area contributed by atoms with Gasteiger partial charge in [0, 0.05) is 18.5 Å². The minimum Gasteiger partial charge on any atom is -0.395 e. The Morgan fingerprint density at radius 3 is 2.29 bits per heavy atom. The lowest BCUT2D eigenvalue weighted by atomic mass is 9.81. The van der Waals surface area contributed by atoms with Crippen molar-refractivity contribution in [1.82, 2.24) is 10.3 Å². The van der Waals surface area contributed by atoms with Crippen molar-refractivity contribution in [3.05, 3.63) is 82.9 Å². The van der Waals surface area contributed by atoms with Crippen LogP contribution in [-0.2, 0) is 6.54 Å². The second kappa shape index (κ2) is 11.3. The van der Waals surface area contributed by atoms with E-state index in [-0.39, 0.29) is 5.92 Å². The smallest absolute Gasteiger partial charge is 0.165 e. The number of hydrazine groups is 1. The predicted molar refractivity (Wildman–Crippen MR) is 141 cm³/mol. The van der Waals surface area contributed by atoms with Gasteiger partial charge in [0.1, 0.15) is 5.82 Å². The molecule has 0 radical (unpaired) electrons. The Kier molecular flexibility index (Phi) is 8.00. The Bertz CT molecular complexity index is 1040. The van der Waals surface area contributed by atoms with Crippen molar-refractivity contribution >= 4 is 17.3 Å². The third-order valence-electron chi connectivity index (χ3n) is 7.10. The summed E-state index contributed by atoms with van der Waals surface area (Å²) in [4.78, 5) is 4.23. The molecule has 34 heavy (non-hydrogen) atoms. The van der Waals surface area contributed by atoms with Crippen molar-refractivity contribution in [3.63, 3.8) is 0 Å². The van der Waals surface area contributed by atoms with E-state index in [9.17, 15) is 0 Å². The van der Waals surface area contributed by atoms with Gasteiger partial charge in [0.15, 0.2) is 5.82 Å². The molecule has 0 saturated heterocycles. The lowest BCUT2D eigenvalue weighted by Crippen LogP contribution is -2.34. The van der Waals surface area contributed by atoms with E-state index in [1.165, 1.54) is 36.8 Å². The molecule has 7 nitrogen and oxygen atoms in total. The molecule has 1 aliphatic carbocycles. The van der Waals surface area contributed by atoms with Crippen LogP contribution in [0.2, 0.25) is 0 Å². The van der Waals surface area contributed by atoms with Gasteiger partial charge in [-0.25, -0.2) is 10.8 Å². The van der Waals surface area contributed by atoms with E-state index in [1.54, 1.807) is 0 Å². The fraction of sp³-hybridized carbons (Fsp3) is 0.370. The van der Waals surface area contributed by atoms with Crippen molar-refractivity contribution < 1.29 is 0 Å². The summed E-state index contributed by atoms with van der Waals surface area (Å²) in [5.41, 5.74) is 26.1. The first-order valence-electron chi connectivity index (χ1n) is 12.2. The number of nitrogens with one attached hydrogen (secondary N) is 2. The summed E-state index contributed by atoms with van der Waals surface area (Å²) >= 11 is 0. The van der Waals surface area contributed by atoms with E-state index >= 15 is 0 Å². The molecule has 0 bridgehead atoms. The van der Waals surface area contributed by atoms with Gasteiger partial charge in [-0.05, 0) is 72.9 Å². The third-order valence-corrected chi connectivity index (χ3v) is 7.10. The molecule has 180 valence electrons. The maximum absolute atomic E-state index is 6.44. The molecule has 1 atom stereocenters. The second-order valence-corrected chi connectivity index (χ2v) is 9.24. The average molecular weight is 460 g/mol. The average Bonchev–Trinajstić information content (AvgIpc) is 2.89. The monoisotopic (exact) mass is 459 g/mol. The first-order chi connectivity index (χ1) is 16.6. The highest BCUT2D eigenvalue weighted by Crippen LogP contribution is 2.36. The van der Waals surface area contributed by atoms with Crippen molar-refractivity contribution in [2.75, 3.05) is 23.4 Å². The Morgan fingerprint density at radius 1 is 0.941 bits per heavy atom. The van der Waals surface area contributed by atoms with E-state index in [2.05, 4.69) is 70.3 Å². The zero-order chi connectivity index (χ0) is 23.9. The molecule has 2 aromatic carbocycles. The number of hydrogen-bond donors (Lipinski definition) is 6. The number of benzene rings is 2. The minimum atomic E-state index is 0.0670.